The van der Waals surface area contributed by atoms with Crippen LogP contribution in [-0.4, -0.2) is 21.7 Å². The maximum atomic E-state index is 13.2. The number of esters is 1. The zero-order chi connectivity index (χ0) is 20.8. The molecule has 148 valence electrons. The van der Waals surface area contributed by atoms with Crippen LogP contribution in [-0.2, 0) is 16.1 Å². The molecule has 0 atom stereocenters. The van der Waals surface area contributed by atoms with Gasteiger partial charge in [0.2, 0.25) is 5.89 Å². The van der Waals surface area contributed by atoms with Crippen molar-refractivity contribution in [2.45, 2.75) is 19.4 Å². The number of rotatable bonds is 8. The van der Waals surface area contributed by atoms with Crippen molar-refractivity contribution >= 4 is 17.4 Å². The summed E-state index contributed by atoms with van der Waals surface area (Å²) in [6, 6.07) is 11.0. The molecule has 1 heterocycles. The summed E-state index contributed by atoms with van der Waals surface area (Å²) in [6.45, 7) is -0.164. The summed E-state index contributed by atoms with van der Waals surface area (Å²) in [5, 5.41) is 10.8. The quantitative estimate of drug-likeness (QED) is 0.243. The van der Waals surface area contributed by atoms with Gasteiger partial charge in [-0.25, -0.2) is 9.37 Å². The van der Waals surface area contributed by atoms with Crippen molar-refractivity contribution in [3.8, 4) is 11.5 Å². The number of ether oxygens (including phenoxy) is 1. The average molecular weight is 398 g/mol. The van der Waals surface area contributed by atoms with Crippen LogP contribution in [0, 0.1) is 15.9 Å². The molecule has 0 saturated carbocycles. The number of hydrogen-bond acceptors (Lipinski definition) is 7. The second-order valence-corrected chi connectivity index (χ2v) is 6.05. The molecule has 0 radical (unpaired) electrons. The number of nitrogens with zero attached hydrogens (tertiary/aromatic N) is 2. The fourth-order valence-electron chi connectivity index (χ4n) is 2.51. The largest absolute Gasteiger partial charge is 0.459 e. The molecule has 0 aliphatic carbocycles. The van der Waals surface area contributed by atoms with Crippen molar-refractivity contribution in [2.75, 3.05) is 0 Å². The summed E-state index contributed by atoms with van der Waals surface area (Å²) in [5.41, 5.74) is 0.745. The Morgan fingerprint density at radius 1 is 1.14 bits per heavy atom. The van der Waals surface area contributed by atoms with E-state index in [1.165, 1.54) is 42.7 Å². The molecule has 0 saturated heterocycles. The Morgan fingerprint density at radius 3 is 2.69 bits per heavy atom. The highest BCUT2D eigenvalue weighted by molar-refractivity contribution is 5.98. The lowest BCUT2D eigenvalue weighted by atomic mass is 10.1. The van der Waals surface area contributed by atoms with E-state index in [1.807, 2.05) is 0 Å². The van der Waals surface area contributed by atoms with Crippen molar-refractivity contribution in [1.29, 1.82) is 0 Å². The van der Waals surface area contributed by atoms with Crippen LogP contribution in [0.5, 0.6) is 0 Å². The van der Waals surface area contributed by atoms with E-state index in [9.17, 15) is 24.1 Å². The zero-order valence-corrected chi connectivity index (χ0v) is 15.0. The van der Waals surface area contributed by atoms with Gasteiger partial charge < -0.3 is 9.15 Å². The molecule has 2 aromatic carbocycles. The van der Waals surface area contributed by atoms with E-state index in [0.29, 0.717) is 11.3 Å². The predicted molar refractivity (Wildman–Crippen MR) is 98.4 cm³/mol. The van der Waals surface area contributed by atoms with Gasteiger partial charge >= 0.3 is 5.97 Å². The minimum absolute atomic E-state index is 0.145. The lowest BCUT2D eigenvalue weighted by Crippen LogP contribution is -2.08. The maximum absolute atomic E-state index is 13.2. The van der Waals surface area contributed by atoms with Crippen molar-refractivity contribution in [3.63, 3.8) is 0 Å². The lowest BCUT2D eigenvalue weighted by Gasteiger charge is -2.03. The molecule has 0 spiro atoms. The van der Waals surface area contributed by atoms with E-state index in [2.05, 4.69) is 4.98 Å². The number of non-ortho nitro benzene ring substituents is 1. The van der Waals surface area contributed by atoms with Gasteiger partial charge in [-0.1, -0.05) is 18.2 Å². The van der Waals surface area contributed by atoms with Crippen molar-refractivity contribution in [3.05, 3.63) is 82.0 Å². The van der Waals surface area contributed by atoms with Gasteiger partial charge in [0.15, 0.2) is 5.78 Å². The zero-order valence-electron chi connectivity index (χ0n) is 15.0. The van der Waals surface area contributed by atoms with Crippen LogP contribution in [0.3, 0.4) is 0 Å². The van der Waals surface area contributed by atoms with E-state index in [1.54, 1.807) is 6.07 Å². The second-order valence-electron chi connectivity index (χ2n) is 6.05. The molecule has 8 nitrogen and oxygen atoms in total. The number of halogens is 1. The van der Waals surface area contributed by atoms with E-state index in [4.69, 9.17) is 9.15 Å². The number of hydrogen-bond donors (Lipinski definition) is 0. The number of ketones is 1. The van der Waals surface area contributed by atoms with Gasteiger partial charge in [-0.2, -0.15) is 0 Å². The Morgan fingerprint density at radius 2 is 1.93 bits per heavy atom. The highest BCUT2D eigenvalue weighted by atomic mass is 19.1. The molecule has 0 amide bonds. The highest BCUT2D eigenvalue weighted by Gasteiger charge is 2.15. The average Bonchev–Trinajstić information content (AvgIpc) is 3.19. The molecule has 1 aromatic heterocycles. The molecular weight excluding hydrogens is 383 g/mol. The lowest BCUT2D eigenvalue weighted by molar-refractivity contribution is -0.384. The van der Waals surface area contributed by atoms with Crippen LogP contribution in [0.1, 0.15) is 28.9 Å². The third kappa shape index (κ3) is 5.32. The number of Topliss-reactive ketones (excluding diaryl/α,β-unsaturated/α-hetero) is 1. The Balaban J connectivity index is 1.50. The predicted octanol–water partition coefficient (Wildman–Crippen LogP) is 4.10. The summed E-state index contributed by atoms with van der Waals surface area (Å²) in [6.07, 6.45) is 0.964. The Bertz CT molecular complexity index is 1060. The topological polar surface area (TPSA) is 113 Å². The first-order chi connectivity index (χ1) is 13.9. The number of carbonyl (C=O) groups excluding carboxylic acids is 2. The summed E-state index contributed by atoms with van der Waals surface area (Å²) >= 11 is 0. The van der Waals surface area contributed by atoms with Gasteiger partial charge in [0, 0.05) is 29.7 Å². The number of aromatic nitrogens is 1. The van der Waals surface area contributed by atoms with Crippen LogP contribution in [0.25, 0.3) is 11.5 Å². The molecule has 0 aliphatic heterocycles. The fraction of sp³-hybridized carbons (Fsp3) is 0.150. The third-order valence-electron chi connectivity index (χ3n) is 3.94. The molecule has 0 aliphatic rings. The summed E-state index contributed by atoms with van der Waals surface area (Å²) < 4.78 is 23.5. The monoisotopic (exact) mass is 398 g/mol. The van der Waals surface area contributed by atoms with Gasteiger partial charge in [-0.05, 0) is 18.2 Å². The van der Waals surface area contributed by atoms with Crippen LogP contribution in [0.4, 0.5) is 10.1 Å². The molecule has 29 heavy (non-hydrogen) atoms. The van der Waals surface area contributed by atoms with E-state index >= 15 is 0 Å². The molecule has 3 aromatic rings. The molecule has 3 rings (SSSR count). The van der Waals surface area contributed by atoms with Crippen LogP contribution >= 0.6 is 0 Å². The van der Waals surface area contributed by atoms with Gasteiger partial charge in [0.05, 0.1) is 11.3 Å². The first-order valence-corrected chi connectivity index (χ1v) is 8.56. The van der Waals surface area contributed by atoms with Crippen molar-refractivity contribution in [2.24, 2.45) is 0 Å². The summed E-state index contributed by atoms with van der Waals surface area (Å²) in [7, 11) is 0. The number of benzene rings is 2. The van der Waals surface area contributed by atoms with Gasteiger partial charge in [-0.15, -0.1) is 0 Å². The minimum atomic E-state index is -0.626. The molecule has 0 bridgehead atoms. The first-order valence-electron chi connectivity index (χ1n) is 8.56. The minimum Gasteiger partial charge on any atom is -0.459 e. The van der Waals surface area contributed by atoms with Crippen LogP contribution < -0.4 is 0 Å². The first kappa shape index (κ1) is 19.9. The number of oxazole rings is 1. The number of nitro groups is 1. The van der Waals surface area contributed by atoms with Crippen LogP contribution in [0.15, 0.2) is 59.2 Å². The summed E-state index contributed by atoms with van der Waals surface area (Å²) in [4.78, 5) is 38.2. The molecule has 0 unspecified atom stereocenters. The van der Waals surface area contributed by atoms with Crippen molar-refractivity contribution in [1.82, 2.24) is 4.98 Å². The molecular formula is C20H15FN2O6. The Kier molecular flexibility index (Phi) is 6.08. The number of carbonyl (C=O) groups is 2. The van der Waals surface area contributed by atoms with E-state index in [0.717, 1.165) is 6.07 Å². The molecule has 9 heteroatoms. The van der Waals surface area contributed by atoms with Crippen LogP contribution in [0.2, 0.25) is 0 Å². The normalized spacial score (nSPS) is 10.5. The van der Waals surface area contributed by atoms with Gasteiger partial charge in [0.1, 0.15) is 24.4 Å². The van der Waals surface area contributed by atoms with Gasteiger partial charge in [-0.3, -0.25) is 19.7 Å². The maximum Gasteiger partial charge on any atom is 0.306 e. The number of nitro benzene ring substituents is 1. The van der Waals surface area contributed by atoms with Crippen molar-refractivity contribution < 1.29 is 28.1 Å². The highest BCUT2D eigenvalue weighted by Crippen LogP contribution is 2.20. The molecule has 0 fully saturated rings. The third-order valence-corrected chi connectivity index (χ3v) is 3.94. The van der Waals surface area contributed by atoms with Gasteiger partial charge in [0.25, 0.3) is 5.69 Å². The Hall–Kier alpha value is -3.88. The SMILES string of the molecule is O=C(CCC(=O)c1cccc([N+](=O)[O-])c1)OCc1coc(-c2cccc(F)c2)n1. The fourth-order valence-corrected chi connectivity index (χ4v) is 2.51. The standard InChI is InChI=1S/C20H15FN2O6/c21-15-5-1-4-14(9-15)20-22-16(12-29-20)11-28-19(25)8-7-18(24)13-3-2-6-17(10-13)23(26)27/h1-6,9-10,12H,7-8,11H2. The van der Waals surface area contributed by atoms with E-state index < -0.39 is 22.5 Å². The smallest absolute Gasteiger partial charge is 0.306 e. The van der Waals surface area contributed by atoms with E-state index in [-0.39, 0.29) is 36.6 Å². The molecule has 0 N–H and O–H groups in total. The Labute approximate surface area is 164 Å². The second kappa shape index (κ2) is 8.87. The summed E-state index contributed by atoms with van der Waals surface area (Å²) in [5.74, 6) is -1.27.